The molecule has 0 bridgehead atoms. The van der Waals surface area contributed by atoms with Crippen LogP contribution in [-0.4, -0.2) is 23.5 Å². The van der Waals surface area contributed by atoms with Crippen molar-refractivity contribution >= 4 is 17.6 Å². The fourth-order valence-corrected chi connectivity index (χ4v) is 1.68. The predicted octanol–water partition coefficient (Wildman–Crippen LogP) is 0.799. The first-order chi connectivity index (χ1) is 7.09. The molecule has 1 aliphatic heterocycles. The maximum Gasteiger partial charge on any atom is 0.394 e. The van der Waals surface area contributed by atoms with E-state index < -0.39 is 17.7 Å². The van der Waals surface area contributed by atoms with E-state index in [1.807, 2.05) is 0 Å². The number of hydrogen-bond donors (Lipinski definition) is 1. The number of carbonyl (C=O) groups is 2. The highest BCUT2D eigenvalue weighted by molar-refractivity contribution is 6.37. The highest BCUT2D eigenvalue weighted by Gasteiger charge is 2.28. The largest absolute Gasteiger partial charge is 0.474 e. The molecule has 0 fully saturated rings. The summed E-state index contributed by atoms with van der Waals surface area (Å²) in [4.78, 5) is 22.8. The second-order valence-corrected chi connectivity index (χ2v) is 3.28. The highest BCUT2D eigenvalue weighted by Crippen LogP contribution is 2.28. The van der Waals surface area contributed by atoms with E-state index in [0.717, 1.165) is 10.5 Å². The van der Waals surface area contributed by atoms with Crippen LogP contribution in [0.4, 0.5) is 10.1 Å². The summed E-state index contributed by atoms with van der Waals surface area (Å²) in [6.07, 6.45) is 0.564. The van der Waals surface area contributed by atoms with Crippen LogP contribution in [0.1, 0.15) is 5.56 Å². The maximum absolute atomic E-state index is 12.9. The first kappa shape index (κ1) is 9.64. The molecule has 1 amide bonds. The van der Waals surface area contributed by atoms with Gasteiger partial charge in [-0.25, -0.2) is 9.18 Å². The van der Waals surface area contributed by atoms with Gasteiger partial charge in [-0.3, -0.25) is 4.79 Å². The van der Waals surface area contributed by atoms with E-state index >= 15 is 0 Å². The maximum atomic E-state index is 12.9. The third-order valence-electron chi connectivity index (χ3n) is 2.37. The number of hydrogen-bond acceptors (Lipinski definition) is 2. The molecule has 78 valence electrons. The number of nitrogens with zero attached hydrogens (tertiary/aromatic N) is 1. The zero-order valence-electron chi connectivity index (χ0n) is 7.74. The first-order valence-corrected chi connectivity index (χ1v) is 4.43. The number of aliphatic carboxylic acids is 1. The number of carbonyl (C=O) groups excluding carboxylic acids is 1. The Hall–Kier alpha value is -1.91. The zero-order valence-corrected chi connectivity index (χ0v) is 7.74. The number of benzene rings is 1. The van der Waals surface area contributed by atoms with Crippen molar-refractivity contribution in [3.8, 4) is 0 Å². The van der Waals surface area contributed by atoms with Crippen LogP contribution >= 0.6 is 0 Å². The number of carboxylic acids is 1. The third kappa shape index (κ3) is 1.56. The van der Waals surface area contributed by atoms with Crippen LogP contribution in [0.25, 0.3) is 0 Å². The van der Waals surface area contributed by atoms with Crippen molar-refractivity contribution in [3.63, 3.8) is 0 Å². The number of amides is 1. The molecule has 1 heterocycles. The molecule has 1 aliphatic rings. The Morgan fingerprint density at radius 2 is 2.13 bits per heavy atom. The lowest BCUT2D eigenvalue weighted by molar-refractivity contribution is -0.148. The summed E-state index contributed by atoms with van der Waals surface area (Å²) in [5.74, 6) is -3.01. The SMILES string of the molecule is O=C(O)C(=O)N1CCc2ccc(F)cc21. The molecule has 0 saturated carbocycles. The highest BCUT2D eigenvalue weighted by atomic mass is 19.1. The van der Waals surface area contributed by atoms with Gasteiger partial charge in [0.1, 0.15) is 5.82 Å². The molecule has 15 heavy (non-hydrogen) atoms. The van der Waals surface area contributed by atoms with Crippen molar-refractivity contribution < 1.29 is 19.1 Å². The molecule has 0 spiro atoms. The van der Waals surface area contributed by atoms with Crippen LogP contribution in [0, 0.1) is 5.82 Å². The van der Waals surface area contributed by atoms with Crippen molar-refractivity contribution in [1.29, 1.82) is 0 Å². The quantitative estimate of drug-likeness (QED) is 0.643. The summed E-state index contributed by atoms with van der Waals surface area (Å²) in [6, 6.07) is 4.05. The minimum Gasteiger partial charge on any atom is -0.474 e. The fourth-order valence-electron chi connectivity index (χ4n) is 1.68. The number of rotatable bonds is 0. The van der Waals surface area contributed by atoms with E-state index in [0.29, 0.717) is 18.7 Å². The van der Waals surface area contributed by atoms with Crippen molar-refractivity contribution in [1.82, 2.24) is 0 Å². The second-order valence-electron chi connectivity index (χ2n) is 3.28. The second kappa shape index (κ2) is 3.34. The van der Waals surface area contributed by atoms with Crippen molar-refractivity contribution in [3.05, 3.63) is 29.6 Å². The summed E-state index contributed by atoms with van der Waals surface area (Å²) < 4.78 is 12.9. The molecule has 4 nitrogen and oxygen atoms in total. The molecule has 2 rings (SSSR count). The van der Waals surface area contributed by atoms with Crippen LogP contribution in [0.2, 0.25) is 0 Å². The Morgan fingerprint density at radius 1 is 1.40 bits per heavy atom. The Bertz CT molecular complexity index is 444. The monoisotopic (exact) mass is 209 g/mol. The molecule has 0 aliphatic carbocycles. The summed E-state index contributed by atoms with van der Waals surface area (Å²) in [5.41, 5.74) is 1.16. The molecule has 5 heteroatoms. The van der Waals surface area contributed by atoms with E-state index in [1.165, 1.54) is 12.1 Å². The predicted molar refractivity (Wildman–Crippen MR) is 50.1 cm³/mol. The van der Waals surface area contributed by atoms with Gasteiger partial charge in [-0.1, -0.05) is 6.07 Å². The van der Waals surface area contributed by atoms with E-state index in [2.05, 4.69) is 0 Å². The van der Waals surface area contributed by atoms with Crippen LogP contribution in [0.15, 0.2) is 18.2 Å². The zero-order chi connectivity index (χ0) is 11.0. The lowest BCUT2D eigenvalue weighted by Crippen LogP contribution is -2.34. The lowest BCUT2D eigenvalue weighted by Gasteiger charge is -2.13. The summed E-state index contributed by atoms with van der Waals surface area (Å²) >= 11 is 0. The third-order valence-corrected chi connectivity index (χ3v) is 2.37. The molecule has 0 aromatic heterocycles. The summed E-state index contributed by atoms with van der Waals surface area (Å²) in [5, 5.41) is 8.55. The molecule has 0 radical (unpaired) electrons. The minimum atomic E-state index is -1.52. The van der Waals surface area contributed by atoms with Gasteiger partial charge >= 0.3 is 11.9 Å². The van der Waals surface area contributed by atoms with Crippen LogP contribution in [0.3, 0.4) is 0 Å². The molecule has 0 atom stereocenters. The normalized spacial score (nSPS) is 13.8. The molecule has 1 N–H and O–H groups in total. The van der Waals surface area contributed by atoms with E-state index in [1.54, 1.807) is 6.07 Å². The lowest BCUT2D eigenvalue weighted by atomic mass is 10.2. The van der Waals surface area contributed by atoms with Crippen LogP contribution in [0.5, 0.6) is 0 Å². The molecule has 1 aromatic rings. The van der Waals surface area contributed by atoms with Crippen molar-refractivity contribution in [2.24, 2.45) is 0 Å². The minimum absolute atomic E-state index is 0.296. The van der Waals surface area contributed by atoms with Gasteiger partial charge in [0.25, 0.3) is 0 Å². The number of anilines is 1. The van der Waals surface area contributed by atoms with Crippen LogP contribution < -0.4 is 4.90 Å². The number of carboxylic acid groups (broad SMARTS) is 1. The van der Waals surface area contributed by atoms with Gasteiger partial charge < -0.3 is 10.0 Å². The first-order valence-electron chi connectivity index (χ1n) is 4.43. The molecule has 1 aromatic carbocycles. The van der Waals surface area contributed by atoms with Gasteiger partial charge in [0.2, 0.25) is 0 Å². The molecular weight excluding hydrogens is 201 g/mol. The van der Waals surface area contributed by atoms with Crippen molar-refractivity contribution in [2.45, 2.75) is 6.42 Å². The molecular formula is C10H8FNO3. The number of halogens is 1. The summed E-state index contributed by atoms with van der Waals surface area (Å²) in [7, 11) is 0. The van der Waals surface area contributed by atoms with E-state index in [-0.39, 0.29) is 0 Å². The Balaban J connectivity index is 2.39. The smallest absolute Gasteiger partial charge is 0.394 e. The van der Waals surface area contributed by atoms with Gasteiger partial charge in [0, 0.05) is 6.54 Å². The Kier molecular flexibility index (Phi) is 2.15. The Morgan fingerprint density at radius 3 is 2.80 bits per heavy atom. The van der Waals surface area contributed by atoms with Crippen molar-refractivity contribution in [2.75, 3.05) is 11.4 Å². The average molecular weight is 209 g/mol. The topological polar surface area (TPSA) is 57.6 Å². The average Bonchev–Trinajstić information content (AvgIpc) is 2.59. The fraction of sp³-hybridized carbons (Fsp3) is 0.200. The van der Waals surface area contributed by atoms with E-state index in [9.17, 15) is 14.0 Å². The van der Waals surface area contributed by atoms with E-state index in [4.69, 9.17) is 5.11 Å². The number of fused-ring (bicyclic) bond motifs is 1. The van der Waals surface area contributed by atoms with Crippen LogP contribution in [-0.2, 0) is 16.0 Å². The standard InChI is InChI=1S/C10H8FNO3/c11-7-2-1-6-3-4-12(8(6)5-7)9(13)10(14)15/h1-2,5H,3-4H2,(H,14,15). The molecule has 0 saturated heterocycles. The Labute approximate surface area is 84.9 Å². The van der Waals surface area contributed by atoms with Gasteiger partial charge in [0.05, 0.1) is 5.69 Å². The summed E-state index contributed by atoms with van der Waals surface area (Å²) in [6.45, 7) is 0.296. The van der Waals surface area contributed by atoms with Gasteiger partial charge in [-0.15, -0.1) is 0 Å². The van der Waals surface area contributed by atoms with Gasteiger partial charge in [-0.2, -0.15) is 0 Å². The van der Waals surface area contributed by atoms with Gasteiger partial charge in [0.15, 0.2) is 0 Å². The van der Waals surface area contributed by atoms with Gasteiger partial charge in [-0.05, 0) is 24.1 Å². The molecule has 0 unspecified atom stereocenters.